The average molecular weight is 118 g/mol. The Kier molecular flexibility index (Phi) is 6.33. The maximum absolute atomic E-state index is 5.27. The summed E-state index contributed by atoms with van der Waals surface area (Å²) in [7, 11) is -0.0893. The SMILES string of the molecule is CCCO[SiH2]CC. The van der Waals surface area contributed by atoms with Gasteiger partial charge < -0.3 is 4.43 Å². The molecule has 2 heteroatoms. The van der Waals surface area contributed by atoms with E-state index in [0.29, 0.717) is 0 Å². The molecule has 0 aromatic rings. The predicted octanol–water partition coefficient (Wildman–Crippen LogP) is 0.935. The maximum atomic E-state index is 5.27. The van der Waals surface area contributed by atoms with Crippen molar-refractivity contribution in [1.29, 1.82) is 0 Å². The van der Waals surface area contributed by atoms with Crippen molar-refractivity contribution in [1.82, 2.24) is 0 Å². The Bertz CT molecular complexity index is 27.3. The van der Waals surface area contributed by atoms with Gasteiger partial charge >= 0.3 is 0 Å². The van der Waals surface area contributed by atoms with Gasteiger partial charge in [0.25, 0.3) is 0 Å². The molecule has 0 heterocycles. The Balaban J connectivity index is 2.45. The van der Waals surface area contributed by atoms with Crippen LogP contribution < -0.4 is 0 Å². The van der Waals surface area contributed by atoms with Crippen LogP contribution in [0.5, 0.6) is 0 Å². The third-order valence-electron chi connectivity index (χ3n) is 0.697. The summed E-state index contributed by atoms with van der Waals surface area (Å²) in [5, 5.41) is 0. The van der Waals surface area contributed by atoms with E-state index in [1.54, 1.807) is 0 Å². The minimum absolute atomic E-state index is 0.0893. The van der Waals surface area contributed by atoms with Crippen LogP contribution in [0, 0.1) is 0 Å². The zero-order valence-corrected chi connectivity index (χ0v) is 6.65. The van der Waals surface area contributed by atoms with Crippen LogP contribution in [0.4, 0.5) is 0 Å². The summed E-state index contributed by atoms with van der Waals surface area (Å²) in [6.45, 7) is 5.31. The summed E-state index contributed by atoms with van der Waals surface area (Å²) in [4.78, 5) is 0. The van der Waals surface area contributed by atoms with Crippen molar-refractivity contribution in [3.63, 3.8) is 0 Å². The molecule has 0 atom stereocenters. The Morgan fingerprint density at radius 2 is 2.14 bits per heavy atom. The first-order valence-corrected chi connectivity index (χ1v) is 4.57. The third kappa shape index (κ3) is 6.18. The minimum atomic E-state index is -0.0893. The zero-order valence-electron chi connectivity index (χ0n) is 5.24. The first kappa shape index (κ1) is 7.18. The summed E-state index contributed by atoms with van der Waals surface area (Å²) in [5.74, 6) is 0. The van der Waals surface area contributed by atoms with Gasteiger partial charge in [0.2, 0.25) is 0 Å². The Labute approximate surface area is 48.0 Å². The van der Waals surface area contributed by atoms with Gasteiger partial charge in [-0.2, -0.15) is 0 Å². The molecule has 0 fully saturated rings. The summed E-state index contributed by atoms with van der Waals surface area (Å²) in [5.41, 5.74) is 0. The molecule has 0 aliphatic heterocycles. The van der Waals surface area contributed by atoms with Gasteiger partial charge in [0.05, 0.1) is 0 Å². The second-order valence-electron chi connectivity index (χ2n) is 1.61. The van der Waals surface area contributed by atoms with E-state index in [4.69, 9.17) is 4.43 Å². The van der Waals surface area contributed by atoms with Crippen molar-refractivity contribution < 1.29 is 4.43 Å². The number of hydrogen-bond donors (Lipinski definition) is 0. The molecule has 44 valence electrons. The van der Waals surface area contributed by atoms with Crippen molar-refractivity contribution >= 4 is 9.76 Å². The number of hydrogen-bond acceptors (Lipinski definition) is 1. The highest BCUT2D eigenvalue weighted by Gasteiger charge is 1.79. The number of rotatable bonds is 4. The Morgan fingerprint density at radius 1 is 1.43 bits per heavy atom. The van der Waals surface area contributed by atoms with Gasteiger partial charge in [0.15, 0.2) is 9.76 Å². The van der Waals surface area contributed by atoms with Crippen LogP contribution in [0.2, 0.25) is 6.04 Å². The molecule has 0 amide bonds. The van der Waals surface area contributed by atoms with E-state index in [0.717, 1.165) is 6.61 Å². The molecular weight excluding hydrogens is 104 g/mol. The maximum Gasteiger partial charge on any atom is 0.161 e. The predicted molar refractivity (Wildman–Crippen MR) is 35.3 cm³/mol. The standard InChI is InChI=1S/C5H14OSi/c1-3-5-6-7-4-2/h3-5,7H2,1-2H3. The topological polar surface area (TPSA) is 9.23 Å². The molecule has 0 saturated heterocycles. The van der Waals surface area contributed by atoms with E-state index >= 15 is 0 Å². The van der Waals surface area contributed by atoms with Crippen LogP contribution in [0.25, 0.3) is 0 Å². The smallest absolute Gasteiger partial charge is 0.161 e. The monoisotopic (exact) mass is 118 g/mol. The summed E-state index contributed by atoms with van der Waals surface area (Å²) in [6, 6.07) is 1.28. The van der Waals surface area contributed by atoms with Gasteiger partial charge in [-0.3, -0.25) is 0 Å². The zero-order chi connectivity index (χ0) is 5.54. The molecule has 0 bridgehead atoms. The summed E-state index contributed by atoms with van der Waals surface area (Å²) >= 11 is 0. The Morgan fingerprint density at radius 3 is 2.57 bits per heavy atom. The molecule has 0 unspecified atom stereocenters. The van der Waals surface area contributed by atoms with Gasteiger partial charge in [-0.05, 0) is 12.5 Å². The van der Waals surface area contributed by atoms with Gasteiger partial charge in [0, 0.05) is 6.61 Å². The van der Waals surface area contributed by atoms with E-state index in [1.165, 1.54) is 12.5 Å². The highest BCUT2D eigenvalue weighted by Crippen LogP contribution is 1.79. The molecular formula is C5H14OSi. The molecule has 0 N–H and O–H groups in total. The van der Waals surface area contributed by atoms with Crippen LogP contribution in [-0.4, -0.2) is 16.4 Å². The van der Waals surface area contributed by atoms with Gasteiger partial charge in [-0.25, -0.2) is 0 Å². The van der Waals surface area contributed by atoms with E-state index in [1.807, 2.05) is 0 Å². The molecule has 0 radical (unpaired) electrons. The van der Waals surface area contributed by atoms with E-state index < -0.39 is 0 Å². The van der Waals surface area contributed by atoms with Crippen LogP contribution in [-0.2, 0) is 4.43 Å². The molecule has 0 rings (SSSR count). The van der Waals surface area contributed by atoms with E-state index in [-0.39, 0.29) is 9.76 Å². The van der Waals surface area contributed by atoms with Crippen molar-refractivity contribution in [2.45, 2.75) is 26.3 Å². The lowest BCUT2D eigenvalue weighted by molar-refractivity contribution is 0.335. The van der Waals surface area contributed by atoms with Crippen molar-refractivity contribution in [3.8, 4) is 0 Å². The first-order chi connectivity index (χ1) is 3.41. The molecule has 0 saturated carbocycles. The molecule has 7 heavy (non-hydrogen) atoms. The van der Waals surface area contributed by atoms with Crippen LogP contribution in [0.1, 0.15) is 20.3 Å². The lowest BCUT2D eigenvalue weighted by Gasteiger charge is -1.95. The molecule has 0 aromatic heterocycles. The fraction of sp³-hybridized carbons (Fsp3) is 1.00. The van der Waals surface area contributed by atoms with Crippen molar-refractivity contribution in [2.24, 2.45) is 0 Å². The van der Waals surface area contributed by atoms with Gasteiger partial charge in [0.1, 0.15) is 0 Å². The second-order valence-corrected chi connectivity index (χ2v) is 3.43. The average Bonchev–Trinajstić information content (AvgIpc) is 1.69. The van der Waals surface area contributed by atoms with Gasteiger partial charge in [-0.1, -0.05) is 13.8 Å². The van der Waals surface area contributed by atoms with Crippen molar-refractivity contribution in [3.05, 3.63) is 0 Å². The highest BCUT2D eigenvalue weighted by molar-refractivity contribution is 6.26. The van der Waals surface area contributed by atoms with E-state index in [9.17, 15) is 0 Å². The minimum Gasteiger partial charge on any atom is -0.424 e. The highest BCUT2D eigenvalue weighted by atomic mass is 28.2. The third-order valence-corrected chi connectivity index (χ3v) is 1.68. The molecule has 1 nitrogen and oxygen atoms in total. The fourth-order valence-corrected chi connectivity index (χ4v) is 1.17. The quantitative estimate of drug-likeness (QED) is 0.394. The lowest BCUT2D eigenvalue weighted by atomic mass is 10.5. The lowest BCUT2D eigenvalue weighted by Crippen LogP contribution is -1.96. The van der Waals surface area contributed by atoms with Gasteiger partial charge in [-0.15, -0.1) is 0 Å². The largest absolute Gasteiger partial charge is 0.424 e. The first-order valence-electron chi connectivity index (χ1n) is 2.99. The summed E-state index contributed by atoms with van der Waals surface area (Å²) < 4.78 is 5.27. The van der Waals surface area contributed by atoms with Crippen LogP contribution in [0.15, 0.2) is 0 Å². The normalized spacial score (nSPS) is 11.1. The second kappa shape index (κ2) is 6.18. The van der Waals surface area contributed by atoms with Crippen LogP contribution in [0.3, 0.4) is 0 Å². The molecule has 0 spiro atoms. The van der Waals surface area contributed by atoms with Crippen LogP contribution >= 0.6 is 0 Å². The Hall–Kier alpha value is 0.177. The van der Waals surface area contributed by atoms with Crippen molar-refractivity contribution in [2.75, 3.05) is 6.61 Å². The molecule has 0 aliphatic carbocycles. The molecule has 0 aliphatic rings. The fourth-order valence-electron chi connectivity index (χ4n) is 0.391. The molecule has 0 aromatic carbocycles. The summed E-state index contributed by atoms with van der Waals surface area (Å²) in [6.07, 6.45) is 1.17. The van der Waals surface area contributed by atoms with E-state index in [2.05, 4.69) is 13.8 Å².